The molecule has 0 saturated carbocycles. The van der Waals surface area contributed by atoms with Gasteiger partial charge >= 0.3 is 0 Å². The fraction of sp³-hybridized carbons (Fsp3) is 0.261. The van der Waals surface area contributed by atoms with Crippen molar-refractivity contribution in [1.82, 2.24) is 4.98 Å². The molecule has 2 heterocycles. The average molecular weight is 325 g/mol. The lowest BCUT2D eigenvalue weighted by Gasteiger charge is -2.24. The minimum Gasteiger partial charge on any atom is -0.257 e. The van der Waals surface area contributed by atoms with E-state index in [0.717, 1.165) is 5.69 Å². The van der Waals surface area contributed by atoms with Crippen LogP contribution in [-0.4, -0.2) is 11.7 Å². The molecule has 124 valence electrons. The van der Waals surface area contributed by atoms with E-state index in [9.17, 15) is 0 Å². The zero-order valence-corrected chi connectivity index (χ0v) is 15.5. The van der Waals surface area contributed by atoms with Crippen LogP contribution in [0.15, 0.2) is 60.8 Å². The molecule has 25 heavy (non-hydrogen) atoms. The van der Waals surface area contributed by atoms with Crippen molar-refractivity contribution in [3.8, 4) is 11.3 Å². The van der Waals surface area contributed by atoms with Gasteiger partial charge in [-0.3, -0.25) is 4.98 Å². The van der Waals surface area contributed by atoms with E-state index < -0.39 is 0 Å². The Balaban J connectivity index is 2.06. The van der Waals surface area contributed by atoms with Gasteiger partial charge in [-0.1, -0.05) is 87.2 Å². The summed E-state index contributed by atoms with van der Waals surface area (Å²) in [6, 6.07) is 19.9. The monoisotopic (exact) mass is 325 g/mol. The topological polar surface area (TPSA) is 12.9 Å². The van der Waals surface area contributed by atoms with Crippen molar-refractivity contribution in [1.29, 1.82) is 0 Å². The summed E-state index contributed by atoms with van der Waals surface area (Å²) in [5.74, 6) is 1.00. The molecule has 4 rings (SSSR count). The minimum absolute atomic E-state index is 0.288. The second kappa shape index (κ2) is 6.18. The summed E-state index contributed by atoms with van der Waals surface area (Å²) in [6.07, 6.45) is 1.91. The summed E-state index contributed by atoms with van der Waals surface area (Å²) in [5.41, 5.74) is 9.59. The number of nitrogens with zero attached hydrogens (tertiary/aromatic N) is 1. The summed E-state index contributed by atoms with van der Waals surface area (Å²) >= 11 is 0. The maximum atomic E-state index is 4.73. The summed E-state index contributed by atoms with van der Waals surface area (Å²) < 4.78 is 0. The van der Waals surface area contributed by atoms with Gasteiger partial charge in [-0.15, -0.1) is 0 Å². The van der Waals surface area contributed by atoms with Crippen LogP contribution >= 0.6 is 0 Å². The van der Waals surface area contributed by atoms with Gasteiger partial charge in [0.15, 0.2) is 0 Å². The van der Waals surface area contributed by atoms with E-state index in [-0.39, 0.29) is 6.71 Å². The zero-order valence-electron chi connectivity index (χ0n) is 15.5. The Morgan fingerprint density at radius 3 is 2.04 bits per heavy atom. The second-order valence-electron chi connectivity index (χ2n) is 7.62. The van der Waals surface area contributed by atoms with Gasteiger partial charge in [0.1, 0.15) is 0 Å². The maximum absolute atomic E-state index is 4.73. The van der Waals surface area contributed by atoms with Crippen LogP contribution in [0.2, 0.25) is 0 Å². The summed E-state index contributed by atoms with van der Waals surface area (Å²) in [5, 5.41) is 0. The molecule has 2 aromatic carbocycles. The highest BCUT2D eigenvalue weighted by molar-refractivity contribution is 6.99. The fourth-order valence-electron chi connectivity index (χ4n) is 4.26. The predicted octanol–water partition coefficient (Wildman–Crippen LogP) is 3.83. The Labute approximate surface area is 151 Å². The van der Waals surface area contributed by atoms with Crippen molar-refractivity contribution in [2.24, 2.45) is 0 Å². The second-order valence-corrected chi connectivity index (χ2v) is 7.62. The van der Waals surface area contributed by atoms with Gasteiger partial charge in [0.25, 0.3) is 0 Å². The number of aromatic nitrogens is 1. The SMILES string of the molecule is CC(C)c1cccc(C(C)C)c1B1c2ccccc2-c2ncccc21. The third-order valence-corrected chi connectivity index (χ3v) is 5.38. The van der Waals surface area contributed by atoms with E-state index in [1.165, 1.54) is 33.1 Å². The molecule has 0 atom stereocenters. The van der Waals surface area contributed by atoms with E-state index >= 15 is 0 Å². The molecule has 0 N–H and O–H groups in total. The lowest BCUT2D eigenvalue weighted by atomic mass is 9.37. The van der Waals surface area contributed by atoms with Crippen LogP contribution in [0.3, 0.4) is 0 Å². The quantitative estimate of drug-likeness (QED) is 0.522. The number of pyridine rings is 1. The highest BCUT2D eigenvalue weighted by atomic mass is 14.7. The molecule has 1 aliphatic heterocycles. The van der Waals surface area contributed by atoms with E-state index in [0.29, 0.717) is 11.8 Å². The van der Waals surface area contributed by atoms with Crippen LogP contribution in [0.25, 0.3) is 11.3 Å². The van der Waals surface area contributed by atoms with Crippen molar-refractivity contribution < 1.29 is 0 Å². The molecule has 0 bridgehead atoms. The first-order valence-corrected chi connectivity index (χ1v) is 9.26. The highest BCUT2D eigenvalue weighted by Gasteiger charge is 2.37. The number of hydrogen-bond acceptors (Lipinski definition) is 1. The lowest BCUT2D eigenvalue weighted by molar-refractivity contribution is 0.845. The van der Waals surface area contributed by atoms with Gasteiger partial charge in [-0.25, -0.2) is 0 Å². The van der Waals surface area contributed by atoms with Crippen molar-refractivity contribution in [2.75, 3.05) is 0 Å². The maximum Gasteiger partial charge on any atom is 0.245 e. The van der Waals surface area contributed by atoms with E-state index in [1.807, 2.05) is 6.20 Å². The van der Waals surface area contributed by atoms with Crippen LogP contribution in [0.4, 0.5) is 0 Å². The first-order chi connectivity index (χ1) is 12.1. The molecule has 0 amide bonds. The largest absolute Gasteiger partial charge is 0.257 e. The highest BCUT2D eigenvalue weighted by Crippen LogP contribution is 2.25. The van der Waals surface area contributed by atoms with Gasteiger partial charge in [0.2, 0.25) is 6.71 Å². The van der Waals surface area contributed by atoms with Gasteiger partial charge in [0, 0.05) is 6.20 Å². The van der Waals surface area contributed by atoms with E-state index in [4.69, 9.17) is 4.98 Å². The Kier molecular flexibility index (Phi) is 3.99. The molecular weight excluding hydrogens is 301 g/mol. The van der Waals surface area contributed by atoms with Crippen LogP contribution < -0.4 is 16.4 Å². The van der Waals surface area contributed by atoms with Crippen LogP contribution in [0.5, 0.6) is 0 Å². The molecule has 1 aromatic heterocycles. The summed E-state index contributed by atoms with van der Waals surface area (Å²) in [7, 11) is 0. The van der Waals surface area contributed by atoms with Crippen LogP contribution in [0.1, 0.15) is 50.7 Å². The van der Waals surface area contributed by atoms with Crippen molar-refractivity contribution >= 4 is 23.1 Å². The number of benzene rings is 2. The zero-order chi connectivity index (χ0) is 17.6. The first kappa shape index (κ1) is 16.1. The molecule has 1 aliphatic rings. The minimum atomic E-state index is 0.288. The third kappa shape index (κ3) is 2.52. The Morgan fingerprint density at radius 1 is 0.720 bits per heavy atom. The molecule has 0 fully saturated rings. The third-order valence-electron chi connectivity index (χ3n) is 5.38. The normalized spacial score (nSPS) is 12.6. The number of hydrogen-bond donors (Lipinski definition) is 0. The van der Waals surface area contributed by atoms with Gasteiger partial charge in [-0.05, 0) is 40.1 Å². The molecule has 0 aliphatic carbocycles. The molecule has 0 unspecified atom stereocenters. The van der Waals surface area contributed by atoms with Gasteiger partial charge < -0.3 is 0 Å². The molecular formula is C23H24BN. The average Bonchev–Trinajstić information content (AvgIpc) is 2.95. The molecule has 0 saturated heterocycles. The summed E-state index contributed by atoms with van der Waals surface area (Å²) in [4.78, 5) is 4.73. The van der Waals surface area contributed by atoms with Crippen molar-refractivity contribution in [2.45, 2.75) is 39.5 Å². The Bertz CT molecular complexity index is 855. The van der Waals surface area contributed by atoms with Crippen molar-refractivity contribution in [3.05, 3.63) is 71.9 Å². The first-order valence-electron chi connectivity index (χ1n) is 9.26. The van der Waals surface area contributed by atoms with Gasteiger partial charge in [0.05, 0.1) is 5.69 Å². The standard InChI is InChI=1S/C23H24BN/c1-15(2)17-10-7-11-18(16(3)4)22(17)24-20-12-6-5-9-19(20)23-21(24)13-8-14-25-23/h5-16H,1-4H3. The predicted molar refractivity (Wildman–Crippen MR) is 109 cm³/mol. The molecule has 1 nitrogen and oxygen atoms in total. The van der Waals surface area contributed by atoms with Crippen molar-refractivity contribution in [3.63, 3.8) is 0 Å². The summed E-state index contributed by atoms with van der Waals surface area (Å²) in [6.45, 7) is 9.49. The Morgan fingerprint density at radius 2 is 1.36 bits per heavy atom. The fourth-order valence-corrected chi connectivity index (χ4v) is 4.26. The molecule has 0 spiro atoms. The van der Waals surface area contributed by atoms with Crippen LogP contribution in [-0.2, 0) is 0 Å². The van der Waals surface area contributed by atoms with E-state index in [2.05, 4.69) is 82.3 Å². The molecule has 0 radical (unpaired) electrons. The number of rotatable bonds is 3. The van der Waals surface area contributed by atoms with E-state index in [1.54, 1.807) is 0 Å². The molecule has 2 heteroatoms. The Hall–Kier alpha value is -2.35. The van der Waals surface area contributed by atoms with Gasteiger partial charge in [-0.2, -0.15) is 0 Å². The smallest absolute Gasteiger partial charge is 0.245 e. The number of fused-ring (bicyclic) bond motifs is 3. The van der Waals surface area contributed by atoms with Crippen LogP contribution in [0, 0.1) is 0 Å². The lowest BCUT2D eigenvalue weighted by Crippen LogP contribution is -2.52. The molecule has 3 aromatic rings.